The van der Waals surface area contributed by atoms with Gasteiger partial charge < -0.3 is 9.47 Å². The highest BCUT2D eigenvalue weighted by molar-refractivity contribution is 5.92. The van der Waals surface area contributed by atoms with Gasteiger partial charge in [-0.1, -0.05) is 30.3 Å². The number of nitriles is 1. The minimum absolute atomic E-state index is 0.216. The molecule has 24 heavy (non-hydrogen) atoms. The van der Waals surface area contributed by atoms with Gasteiger partial charge in [-0.15, -0.1) is 0 Å². The molecule has 0 aliphatic carbocycles. The molecule has 1 N–H and O–H groups in total. The van der Waals surface area contributed by atoms with E-state index in [0.29, 0.717) is 5.56 Å². The molecule has 1 rings (SSSR count). The third-order valence-corrected chi connectivity index (χ3v) is 2.56. The molecule has 0 aromatic heterocycles. The zero-order valence-electron chi connectivity index (χ0n) is 12.5. The number of rotatable bonds is 5. The Labute approximate surface area is 135 Å². The summed E-state index contributed by atoms with van der Waals surface area (Å²) in [6, 6.07) is 9.48. The molecule has 0 aliphatic rings. The number of allylic oxidation sites excluding steroid dienone is 1. The van der Waals surface area contributed by atoms with Gasteiger partial charge in [-0.2, -0.15) is 18.4 Å². The molecule has 1 aromatic carbocycles. The molecule has 0 radical (unpaired) electrons. The first kappa shape index (κ1) is 19.0. The monoisotopic (exact) mass is 342 g/mol. The summed E-state index contributed by atoms with van der Waals surface area (Å²) in [6.45, 7) is 0.765. The van der Waals surface area contributed by atoms with E-state index in [1.807, 2.05) is 0 Å². The molecule has 1 amide bonds. The SMILES string of the molecule is CCOC(=O)/C(=C(\C#N)NC(=O)OCc1ccccc1)C(F)(F)F. The fourth-order valence-corrected chi connectivity index (χ4v) is 1.57. The molecule has 0 heterocycles. The van der Waals surface area contributed by atoms with Crippen LogP contribution in [-0.2, 0) is 20.9 Å². The predicted molar refractivity (Wildman–Crippen MR) is 75.1 cm³/mol. The van der Waals surface area contributed by atoms with Crippen molar-refractivity contribution in [3.8, 4) is 6.07 Å². The smallest absolute Gasteiger partial charge is 0.426 e. The van der Waals surface area contributed by atoms with Gasteiger partial charge in [0.2, 0.25) is 0 Å². The summed E-state index contributed by atoms with van der Waals surface area (Å²) in [7, 11) is 0. The fraction of sp³-hybridized carbons (Fsp3) is 0.267. The molecule has 0 spiro atoms. The van der Waals surface area contributed by atoms with E-state index in [4.69, 9.17) is 10.00 Å². The van der Waals surface area contributed by atoms with E-state index in [0.717, 1.165) is 6.07 Å². The number of hydrogen-bond acceptors (Lipinski definition) is 5. The summed E-state index contributed by atoms with van der Waals surface area (Å²) in [6.07, 6.45) is -6.48. The number of hydrogen-bond donors (Lipinski definition) is 1. The van der Waals surface area contributed by atoms with E-state index < -0.39 is 29.5 Å². The van der Waals surface area contributed by atoms with Crippen molar-refractivity contribution in [3.63, 3.8) is 0 Å². The first-order valence-corrected chi connectivity index (χ1v) is 6.66. The minimum atomic E-state index is -5.18. The van der Waals surface area contributed by atoms with Crippen LogP contribution in [-0.4, -0.2) is 24.8 Å². The van der Waals surface area contributed by atoms with Gasteiger partial charge >= 0.3 is 18.2 Å². The number of benzene rings is 1. The molecule has 1 aromatic rings. The lowest BCUT2D eigenvalue weighted by molar-refractivity contribution is -0.150. The van der Waals surface area contributed by atoms with Gasteiger partial charge in [0, 0.05) is 0 Å². The molecule has 128 valence electrons. The lowest BCUT2D eigenvalue weighted by atomic mass is 10.2. The Bertz CT molecular complexity index is 664. The van der Waals surface area contributed by atoms with E-state index in [9.17, 15) is 22.8 Å². The van der Waals surface area contributed by atoms with Gasteiger partial charge in [-0.25, -0.2) is 9.59 Å². The van der Waals surface area contributed by atoms with Crippen LogP contribution in [0.25, 0.3) is 0 Å². The molecular formula is C15H13F3N2O4. The highest BCUT2D eigenvalue weighted by Crippen LogP contribution is 2.28. The van der Waals surface area contributed by atoms with Crippen molar-refractivity contribution >= 4 is 12.1 Å². The summed E-state index contributed by atoms with van der Waals surface area (Å²) in [5.41, 5.74) is -2.60. The van der Waals surface area contributed by atoms with Crippen molar-refractivity contribution in [2.75, 3.05) is 6.61 Å². The number of alkyl carbamates (subject to hydrolysis) is 1. The van der Waals surface area contributed by atoms with E-state index in [1.165, 1.54) is 6.92 Å². The van der Waals surface area contributed by atoms with Crippen molar-refractivity contribution < 1.29 is 32.2 Å². The topological polar surface area (TPSA) is 88.4 Å². The van der Waals surface area contributed by atoms with Gasteiger partial charge in [0.15, 0.2) is 5.57 Å². The number of amides is 1. The maximum absolute atomic E-state index is 12.9. The van der Waals surface area contributed by atoms with Gasteiger partial charge in [0.25, 0.3) is 0 Å². The van der Waals surface area contributed by atoms with Crippen LogP contribution >= 0.6 is 0 Å². The summed E-state index contributed by atoms with van der Waals surface area (Å²) < 4.78 is 47.8. The quantitative estimate of drug-likeness (QED) is 0.505. The number of carbonyl (C=O) groups is 2. The highest BCUT2D eigenvalue weighted by atomic mass is 19.4. The lowest BCUT2D eigenvalue weighted by Crippen LogP contribution is -2.31. The standard InChI is InChI=1S/C15H13F3N2O4/c1-2-23-13(21)12(15(16,17)18)11(8-19)20-14(22)24-9-10-6-4-3-5-7-10/h3-7H,2,9H2,1H3,(H,20,22)/b12-11-. The molecule has 0 saturated heterocycles. The van der Waals surface area contributed by atoms with Crippen molar-refractivity contribution in [3.05, 3.63) is 47.2 Å². The van der Waals surface area contributed by atoms with Crippen LogP contribution in [0.1, 0.15) is 12.5 Å². The molecular weight excluding hydrogens is 329 g/mol. The average molecular weight is 342 g/mol. The number of ether oxygens (including phenoxy) is 2. The third-order valence-electron chi connectivity index (χ3n) is 2.56. The normalized spacial score (nSPS) is 11.8. The van der Waals surface area contributed by atoms with Crippen LogP contribution in [0.3, 0.4) is 0 Å². The number of carbonyl (C=O) groups excluding carboxylic acids is 2. The van der Waals surface area contributed by atoms with E-state index in [1.54, 1.807) is 35.6 Å². The largest absolute Gasteiger partial charge is 0.462 e. The Morgan fingerprint density at radius 1 is 1.21 bits per heavy atom. The molecule has 0 bridgehead atoms. The van der Waals surface area contributed by atoms with Crippen LogP contribution < -0.4 is 5.32 Å². The molecule has 6 nitrogen and oxygen atoms in total. The minimum Gasteiger partial charge on any atom is -0.462 e. The Hall–Kier alpha value is -3.02. The second-order valence-electron chi connectivity index (χ2n) is 4.27. The second-order valence-corrected chi connectivity index (χ2v) is 4.27. The Morgan fingerprint density at radius 3 is 2.33 bits per heavy atom. The number of nitrogens with zero attached hydrogens (tertiary/aromatic N) is 1. The van der Waals surface area contributed by atoms with Crippen LogP contribution in [0.15, 0.2) is 41.6 Å². The summed E-state index contributed by atoms with van der Waals surface area (Å²) in [4.78, 5) is 23.0. The van der Waals surface area contributed by atoms with Crippen LogP contribution in [0.4, 0.5) is 18.0 Å². The Morgan fingerprint density at radius 2 is 1.83 bits per heavy atom. The van der Waals surface area contributed by atoms with Crippen molar-refractivity contribution in [2.24, 2.45) is 0 Å². The third kappa shape index (κ3) is 5.64. The zero-order chi connectivity index (χ0) is 18.2. The van der Waals surface area contributed by atoms with Gasteiger partial charge in [0.05, 0.1) is 6.61 Å². The average Bonchev–Trinajstić information content (AvgIpc) is 2.52. The van der Waals surface area contributed by atoms with Crippen LogP contribution in [0, 0.1) is 11.3 Å². The number of halogens is 3. The maximum Gasteiger partial charge on any atom is 0.426 e. The van der Waals surface area contributed by atoms with Crippen LogP contribution in [0.5, 0.6) is 0 Å². The molecule has 0 saturated carbocycles. The number of esters is 1. The summed E-state index contributed by atoms with van der Waals surface area (Å²) >= 11 is 0. The first-order chi connectivity index (χ1) is 11.3. The summed E-state index contributed by atoms with van der Waals surface area (Å²) in [5.74, 6) is -1.76. The van der Waals surface area contributed by atoms with Crippen molar-refractivity contribution in [1.82, 2.24) is 5.32 Å². The summed E-state index contributed by atoms with van der Waals surface area (Å²) in [5, 5.41) is 10.4. The van der Waals surface area contributed by atoms with Gasteiger partial charge in [-0.3, -0.25) is 5.32 Å². The predicted octanol–water partition coefficient (Wildman–Crippen LogP) is 2.82. The van der Waals surface area contributed by atoms with Gasteiger partial charge in [-0.05, 0) is 12.5 Å². The molecule has 9 heteroatoms. The number of nitrogens with one attached hydrogen (secondary N) is 1. The van der Waals surface area contributed by atoms with Crippen LogP contribution in [0.2, 0.25) is 0 Å². The Kier molecular flexibility index (Phi) is 6.79. The van der Waals surface area contributed by atoms with E-state index in [-0.39, 0.29) is 13.2 Å². The Balaban J connectivity index is 2.90. The van der Waals surface area contributed by atoms with Crippen molar-refractivity contribution in [1.29, 1.82) is 5.26 Å². The lowest BCUT2D eigenvalue weighted by Gasteiger charge is -2.13. The van der Waals surface area contributed by atoms with Crippen molar-refractivity contribution in [2.45, 2.75) is 19.7 Å². The zero-order valence-corrected chi connectivity index (χ0v) is 12.5. The molecule has 0 unspecified atom stereocenters. The fourth-order valence-electron chi connectivity index (χ4n) is 1.57. The van der Waals surface area contributed by atoms with Gasteiger partial charge in [0.1, 0.15) is 18.4 Å². The molecule has 0 atom stereocenters. The maximum atomic E-state index is 12.9. The first-order valence-electron chi connectivity index (χ1n) is 6.66. The number of alkyl halides is 3. The second kappa shape index (κ2) is 8.57. The van der Waals surface area contributed by atoms with E-state index in [2.05, 4.69) is 4.74 Å². The highest BCUT2D eigenvalue weighted by Gasteiger charge is 2.43. The van der Waals surface area contributed by atoms with E-state index >= 15 is 0 Å². The molecule has 0 fully saturated rings. The molecule has 0 aliphatic heterocycles.